The Morgan fingerprint density at radius 3 is 2.50 bits per heavy atom. The zero-order valence-corrected chi connectivity index (χ0v) is 10.8. The molecule has 4 heteroatoms. The summed E-state index contributed by atoms with van der Waals surface area (Å²) in [4.78, 5) is 0. The zero-order valence-electron chi connectivity index (χ0n) is 9.96. The third kappa shape index (κ3) is 3.94. The molecule has 0 bridgehead atoms. The molecule has 1 atom stereocenters. The van der Waals surface area contributed by atoms with Gasteiger partial charge in [-0.25, -0.2) is 0 Å². The van der Waals surface area contributed by atoms with Crippen molar-refractivity contribution >= 4 is 11.8 Å². The van der Waals surface area contributed by atoms with Gasteiger partial charge in [-0.2, -0.15) is 24.9 Å². The lowest BCUT2D eigenvalue weighted by atomic mass is 9.94. The fourth-order valence-electron chi connectivity index (χ4n) is 2.02. The Morgan fingerprint density at radius 2 is 1.94 bits per heavy atom. The predicted octanol–water partition coefficient (Wildman–Crippen LogP) is 4.47. The van der Waals surface area contributed by atoms with Gasteiger partial charge in [-0.15, -0.1) is 0 Å². The van der Waals surface area contributed by atoms with Gasteiger partial charge in [0.25, 0.3) is 0 Å². The molecule has 0 spiro atoms. The highest BCUT2D eigenvalue weighted by molar-refractivity contribution is 7.99. The summed E-state index contributed by atoms with van der Waals surface area (Å²) in [7, 11) is 0. The molecule has 0 saturated carbocycles. The van der Waals surface area contributed by atoms with E-state index in [1.165, 1.54) is 17.9 Å². The van der Waals surface area contributed by atoms with Gasteiger partial charge in [-0.1, -0.05) is 12.1 Å². The van der Waals surface area contributed by atoms with Crippen LogP contribution in [0.2, 0.25) is 0 Å². The lowest BCUT2D eigenvalue weighted by Gasteiger charge is -2.20. The third-order valence-electron chi connectivity index (χ3n) is 3.15. The normalized spacial score (nSPS) is 17.9. The third-order valence-corrected chi connectivity index (χ3v) is 4.04. The molecule has 0 nitrogen and oxygen atoms in total. The topological polar surface area (TPSA) is 0 Å². The maximum absolute atomic E-state index is 12.4. The number of rotatable bonds is 3. The van der Waals surface area contributed by atoms with E-state index in [9.17, 15) is 13.2 Å². The number of hydrogen-bond acceptors (Lipinski definition) is 1. The maximum Gasteiger partial charge on any atom is 0.416 e. The Kier molecular flexibility index (Phi) is 4.60. The molecule has 18 heavy (non-hydrogen) atoms. The second kappa shape index (κ2) is 6.00. The van der Waals surface area contributed by atoms with E-state index in [-0.39, 0.29) is 0 Å². The summed E-state index contributed by atoms with van der Waals surface area (Å²) in [5, 5.41) is 0. The minimum Gasteiger partial charge on any atom is -0.166 e. The zero-order chi connectivity index (χ0) is 13.0. The van der Waals surface area contributed by atoms with Crippen molar-refractivity contribution in [1.29, 1.82) is 0 Å². The molecule has 1 aliphatic rings. The summed E-state index contributed by atoms with van der Waals surface area (Å²) in [5.41, 5.74) is 0.404. The summed E-state index contributed by atoms with van der Waals surface area (Å²) in [6, 6.07) is 5.50. The summed E-state index contributed by atoms with van der Waals surface area (Å²) < 4.78 is 37.2. The molecule has 2 radical (unpaired) electrons. The first-order chi connectivity index (χ1) is 8.55. The van der Waals surface area contributed by atoms with Crippen molar-refractivity contribution in [2.75, 3.05) is 11.5 Å². The van der Waals surface area contributed by atoms with Crippen LogP contribution in [0.5, 0.6) is 0 Å². The Morgan fingerprint density at radius 1 is 1.22 bits per heavy atom. The van der Waals surface area contributed by atoms with Crippen molar-refractivity contribution in [3.05, 3.63) is 41.8 Å². The Labute approximate surface area is 110 Å². The highest BCUT2D eigenvalue weighted by atomic mass is 32.2. The monoisotopic (exact) mass is 272 g/mol. The summed E-state index contributed by atoms with van der Waals surface area (Å²) in [6.07, 6.45) is 2.14. The van der Waals surface area contributed by atoms with Crippen LogP contribution < -0.4 is 0 Å². The number of benzene rings is 1. The summed E-state index contributed by atoms with van der Waals surface area (Å²) in [6.45, 7) is 0. The lowest BCUT2D eigenvalue weighted by Crippen LogP contribution is -2.11. The van der Waals surface area contributed by atoms with E-state index < -0.39 is 11.7 Å². The summed E-state index contributed by atoms with van der Waals surface area (Å²) >= 11 is 1.89. The highest BCUT2D eigenvalue weighted by Gasteiger charge is 2.29. The first-order valence-electron chi connectivity index (χ1n) is 6.03. The molecule has 1 saturated heterocycles. The van der Waals surface area contributed by atoms with Gasteiger partial charge in [0.1, 0.15) is 0 Å². The van der Waals surface area contributed by atoms with Crippen molar-refractivity contribution in [3.8, 4) is 0 Å². The van der Waals surface area contributed by atoms with E-state index in [1.807, 2.05) is 11.8 Å². The Hall–Kier alpha value is -0.640. The number of thioether (sulfide) groups is 1. The van der Waals surface area contributed by atoms with Gasteiger partial charge in [0.05, 0.1) is 5.56 Å². The first-order valence-corrected chi connectivity index (χ1v) is 7.18. The van der Waals surface area contributed by atoms with Crippen LogP contribution in [0.3, 0.4) is 0 Å². The van der Waals surface area contributed by atoms with Crippen LogP contribution in [0.1, 0.15) is 24.0 Å². The smallest absolute Gasteiger partial charge is 0.166 e. The molecule has 2 rings (SSSR count). The molecule has 0 N–H and O–H groups in total. The number of hydrogen-bond donors (Lipinski definition) is 0. The minimum atomic E-state index is -4.24. The van der Waals surface area contributed by atoms with Gasteiger partial charge in [-0.05, 0) is 55.1 Å². The van der Waals surface area contributed by atoms with Gasteiger partial charge in [0.2, 0.25) is 0 Å². The molecule has 1 aromatic carbocycles. The molecule has 0 amide bonds. The maximum atomic E-state index is 12.4. The van der Waals surface area contributed by atoms with Crippen LogP contribution in [-0.4, -0.2) is 11.5 Å². The van der Waals surface area contributed by atoms with Gasteiger partial charge in [0, 0.05) is 5.75 Å². The van der Waals surface area contributed by atoms with Crippen molar-refractivity contribution in [2.45, 2.75) is 25.4 Å². The van der Waals surface area contributed by atoms with E-state index in [0.29, 0.717) is 5.92 Å². The highest BCUT2D eigenvalue weighted by Crippen LogP contribution is 2.30. The minimum absolute atomic E-state index is 0.508. The molecular weight excluding hydrogens is 257 g/mol. The van der Waals surface area contributed by atoms with Crippen molar-refractivity contribution in [3.63, 3.8) is 0 Å². The van der Waals surface area contributed by atoms with E-state index in [4.69, 9.17) is 0 Å². The molecule has 1 aliphatic heterocycles. The van der Waals surface area contributed by atoms with Crippen LogP contribution in [-0.2, 0) is 12.6 Å². The first kappa shape index (κ1) is 13.8. The number of aryl methyl sites for hydroxylation is 1. The van der Waals surface area contributed by atoms with Gasteiger partial charge in [0.15, 0.2) is 0 Å². The number of alkyl halides is 3. The lowest BCUT2D eigenvalue weighted by molar-refractivity contribution is -0.137. The van der Waals surface area contributed by atoms with Gasteiger partial charge in [-0.3, -0.25) is 0 Å². The van der Waals surface area contributed by atoms with Crippen LogP contribution in [0.4, 0.5) is 13.2 Å². The van der Waals surface area contributed by atoms with E-state index >= 15 is 0 Å². The number of halogens is 3. The second-order valence-corrected chi connectivity index (χ2v) is 5.58. The standard InChI is InChI=1S/C14H15F3S/c15-14(16,17)13-5-3-11(4-6-13)1-2-12-7-9-18-10-8-12/h3-6,12H,1-2,7,9-10H2. The van der Waals surface area contributed by atoms with E-state index in [2.05, 4.69) is 6.42 Å². The molecule has 1 aromatic rings. The van der Waals surface area contributed by atoms with Crippen LogP contribution in [0.25, 0.3) is 0 Å². The van der Waals surface area contributed by atoms with Crippen molar-refractivity contribution in [2.24, 2.45) is 5.92 Å². The van der Waals surface area contributed by atoms with E-state index in [1.54, 1.807) is 12.1 Å². The fourth-order valence-corrected chi connectivity index (χ4v) is 2.97. The molecule has 1 heterocycles. The summed E-state index contributed by atoms with van der Waals surface area (Å²) in [5.74, 6) is 2.66. The van der Waals surface area contributed by atoms with Crippen molar-refractivity contribution < 1.29 is 13.2 Å². The fraction of sp³-hybridized carbons (Fsp3) is 0.500. The largest absolute Gasteiger partial charge is 0.416 e. The van der Waals surface area contributed by atoms with Crippen LogP contribution in [0, 0.1) is 12.3 Å². The van der Waals surface area contributed by atoms with Crippen LogP contribution >= 0.6 is 11.8 Å². The molecule has 0 aliphatic carbocycles. The van der Waals surface area contributed by atoms with Gasteiger partial charge < -0.3 is 0 Å². The average molecular weight is 272 g/mol. The molecular formula is C14H15F3S. The second-order valence-electron chi connectivity index (χ2n) is 4.48. The van der Waals surface area contributed by atoms with E-state index in [0.717, 1.165) is 30.6 Å². The Balaban J connectivity index is 1.86. The molecule has 98 valence electrons. The van der Waals surface area contributed by atoms with Crippen LogP contribution in [0.15, 0.2) is 24.3 Å². The predicted molar refractivity (Wildman–Crippen MR) is 68.4 cm³/mol. The van der Waals surface area contributed by atoms with Gasteiger partial charge >= 0.3 is 6.18 Å². The molecule has 1 fully saturated rings. The quantitative estimate of drug-likeness (QED) is 0.782. The van der Waals surface area contributed by atoms with Crippen molar-refractivity contribution in [1.82, 2.24) is 0 Å². The Bertz CT molecular complexity index is 364. The SMILES string of the molecule is FC(F)(F)c1ccc(CCC2[C]CSCC2)cc1. The molecule has 0 aromatic heterocycles. The average Bonchev–Trinajstić information content (AvgIpc) is 2.37. The molecule has 1 unspecified atom stereocenters.